The number of hydrogen-bond donors (Lipinski definition) is 2. The molecular weight excluding hydrogens is 268 g/mol. The summed E-state index contributed by atoms with van der Waals surface area (Å²) in [5, 5.41) is 7.19. The van der Waals surface area contributed by atoms with Gasteiger partial charge in [-0.15, -0.1) is 0 Å². The fourth-order valence-electron chi connectivity index (χ4n) is 3.74. The highest BCUT2D eigenvalue weighted by atomic mass is 14.9. The van der Waals surface area contributed by atoms with Gasteiger partial charge in [0.2, 0.25) is 0 Å². The van der Waals surface area contributed by atoms with Crippen molar-refractivity contribution in [2.24, 2.45) is 17.8 Å². The summed E-state index contributed by atoms with van der Waals surface area (Å²) in [6.07, 6.45) is 5.47. The van der Waals surface area contributed by atoms with Crippen LogP contribution in [0.4, 0.5) is 5.69 Å². The maximum atomic E-state index is 3.64. The van der Waals surface area contributed by atoms with Crippen molar-refractivity contribution in [2.75, 3.05) is 18.4 Å². The zero-order valence-corrected chi connectivity index (χ0v) is 14.9. The fraction of sp³-hybridized carbons (Fsp3) is 0.700. The van der Waals surface area contributed by atoms with Gasteiger partial charge in [0, 0.05) is 17.8 Å². The molecule has 3 unspecified atom stereocenters. The van der Waals surface area contributed by atoms with Gasteiger partial charge in [0.25, 0.3) is 0 Å². The van der Waals surface area contributed by atoms with E-state index < -0.39 is 0 Å². The van der Waals surface area contributed by atoms with E-state index in [9.17, 15) is 0 Å². The fourth-order valence-corrected chi connectivity index (χ4v) is 3.74. The summed E-state index contributed by atoms with van der Waals surface area (Å²) in [5.41, 5.74) is 1.50. The molecule has 0 amide bonds. The van der Waals surface area contributed by atoms with E-state index in [0.29, 0.717) is 0 Å². The van der Waals surface area contributed by atoms with Crippen molar-refractivity contribution in [3.8, 4) is 0 Å². The van der Waals surface area contributed by atoms with Gasteiger partial charge < -0.3 is 10.6 Å². The van der Waals surface area contributed by atoms with Crippen LogP contribution in [0.2, 0.25) is 0 Å². The second-order valence-electron chi connectivity index (χ2n) is 8.00. The summed E-state index contributed by atoms with van der Waals surface area (Å²) in [6.45, 7) is 11.5. The van der Waals surface area contributed by atoms with Crippen LogP contribution >= 0.6 is 0 Å². The first-order valence-corrected chi connectivity index (χ1v) is 8.99. The molecule has 1 aliphatic rings. The third-order valence-electron chi connectivity index (χ3n) is 5.18. The number of para-hydroxylation sites is 1. The quantitative estimate of drug-likeness (QED) is 0.746. The van der Waals surface area contributed by atoms with E-state index in [2.05, 4.69) is 68.7 Å². The molecule has 0 heterocycles. The van der Waals surface area contributed by atoms with E-state index in [0.717, 1.165) is 30.8 Å². The highest BCUT2D eigenvalue weighted by molar-refractivity contribution is 5.42. The molecule has 0 aromatic heterocycles. The lowest BCUT2D eigenvalue weighted by Gasteiger charge is -2.24. The van der Waals surface area contributed by atoms with E-state index in [1.807, 2.05) is 0 Å². The minimum absolute atomic E-state index is 0.251. The topological polar surface area (TPSA) is 24.1 Å². The number of benzene rings is 1. The molecule has 0 aliphatic heterocycles. The van der Waals surface area contributed by atoms with Gasteiger partial charge in [0.15, 0.2) is 0 Å². The summed E-state index contributed by atoms with van der Waals surface area (Å²) in [5.74, 6) is 2.69. The van der Waals surface area contributed by atoms with Crippen LogP contribution in [-0.2, 0) is 0 Å². The van der Waals surface area contributed by atoms with E-state index in [1.165, 1.54) is 31.4 Å². The number of rotatable bonds is 7. The molecule has 124 valence electrons. The Labute approximate surface area is 137 Å². The third kappa shape index (κ3) is 5.64. The van der Waals surface area contributed by atoms with Crippen LogP contribution in [-0.4, -0.2) is 18.6 Å². The molecule has 1 aromatic carbocycles. The SMILES string of the molecule is CC1C(CCNc2ccccc2)CCC1CCNC(C)(C)C. The van der Waals surface area contributed by atoms with Crippen molar-refractivity contribution in [3.63, 3.8) is 0 Å². The maximum Gasteiger partial charge on any atom is 0.0340 e. The second-order valence-corrected chi connectivity index (χ2v) is 8.00. The molecule has 0 spiro atoms. The predicted octanol–water partition coefficient (Wildman–Crippen LogP) is 4.93. The lowest BCUT2D eigenvalue weighted by molar-refractivity contribution is 0.300. The van der Waals surface area contributed by atoms with Gasteiger partial charge in [-0.1, -0.05) is 25.1 Å². The van der Waals surface area contributed by atoms with Crippen LogP contribution in [0.15, 0.2) is 30.3 Å². The van der Waals surface area contributed by atoms with Gasteiger partial charge in [-0.3, -0.25) is 0 Å². The molecule has 0 radical (unpaired) electrons. The van der Waals surface area contributed by atoms with Crippen molar-refractivity contribution in [1.29, 1.82) is 0 Å². The van der Waals surface area contributed by atoms with Crippen molar-refractivity contribution >= 4 is 5.69 Å². The largest absolute Gasteiger partial charge is 0.385 e. The molecule has 0 bridgehead atoms. The minimum Gasteiger partial charge on any atom is -0.385 e. The van der Waals surface area contributed by atoms with Crippen molar-refractivity contribution in [1.82, 2.24) is 5.32 Å². The molecule has 3 atom stereocenters. The van der Waals surface area contributed by atoms with Crippen LogP contribution in [0.5, 0.6) is 0 Å². The monoisotopic (exact) mass is 302 g/mol. The Balaban J connectivity index is 1.66. The summed E-state index contributed by atoms with van der Waals surface area (Å²) >= 11 is 0. The smallest absolute Gasteiger partial charge is 0.0340 e. The highest BCUT2D eigenvalue weighted by Gasteiger charge is 2.31. The van der Waals surface area contributed by atoms with Crippen LogP contribution in [0.25, 0.3) is 0 Å². The molecule has 22 heavy (non-hydrogen) atoms. The van der Waals surface area contributed by atoms with E-state index in [1.54, 1.807) is 0 Å². The normalized spacial score (nSPS) is 25.4. The van der Waals surface area contributed by atoms with E-state index in [-0.39, 0.29) is 5.54 Å². The first-order chi connectivity index (χ1) is 10.5. The number of anilines is 1. The first-order valence-electron chi connectivity index (χ1n) is 8.99. The van der Waals surface area contributed by atoms with Crippen LogP contribution in [0, 0.1) is 17.8 Å². The van der Waals surface area contributed by atoms with Crippen LogP contribution in [0.1, 0.15) is 53.4 Å². The molecular formula is C20H34N2. The zero-order valence-electron chi connectivity index (χ0n) is 14.9. The van der Waals surface area contributed by atoms with Crippen molar-refractivity contribution < 1.29 is 0 Å². The predicted molar refractivity (Wildman–Crippen MR) is 97.3 cm³/mol. The molecule has 1 saturated carbocycles. The molecule has 2 N–H and O–H groups in total. The summed E-state index contributed by atoms with van der Waals surface area (Å²) < 4.78 is 0. The number of nitrogens with one attached hydrogen (secondary N) is 2. The average Bonchev–Trinajstić information content (AvgIpc) is 2.80. The minimum atomic E-state index is 0.251. The van der Waals surface area contributed by atoms with Gasteiger partial charge in [-0.05, 0) is 82.9 Å². The zero-order chi connectivity index (χ0) is 16.0. The van der Waals surface area contributed by atoms with Crippen LogP contribution < -0.4 is 10.6 Å². The summed E-state index contributed by atoms with van der Waals surface area (Å²) in [6, 6.07) is 10.6. The van der Waals surface area contributed by atoms with Crippen molar-refractivity contribution in [2.45, 2.75) is 58.9 Å². The van der Waals surface area contributed by atoms with E-state index in [4.69, 9.17) is 0 Å². The molecule has 2 heteroatoms. The van der Waals surface area contributed by atoms with Gasteiger partial charge >= 0.3 is 0 Å². The molecule has 0 saturated heterocycles. The standard InChI is InChI=1S/C20H34N2/c1-16-17(12-14-21-19-8-6-5-7-9-19)10-11-18(16)13-15-22-20(2,3)4/h5-9,16-18,21-22H,10-15H2,1-4H3. The molecule has 1 fully saturated rings. The van der Waals surface area contributed by atoms with Gasteiger partial charge in [-0.25, -0.2) is 0 Å². The second kappa shape index (κ2) is 8.01. The summed E-state index contributed by atoms with van der Waals surface area (Å²) in [7, 11) is 0. The number of hydrogen-bond acceptors (Lipinski definition) is 2. The van der Waals surface area contributed by atoms with E-state index >= 15 is 0 Å². The Kier molecular flexibility index (Phi) is 6.31. The first kappa shape index (κ1) is 17.3. The van der Waals surface area contributed by atoms with Gasteiger partial charge in [0.05, 0.1) is 0 Å². The molecule has 2 rings (SSSR count). The lowest BCUT2D eigenvalue weighted by atomic mass is 9.87. The maximum absolute atomic E-state index is 3.64. The Bertz CT molecular complexity index is 421. The Morgan fingerprint density at radius 1 is 0.955 bits per heavy atom. The lowest BCUT2D eigenvalue weighted by Crippen LogP contribution is -2.37. The van der Waals surface area contributed by atoms with Crippen LogP contribution in [0.3, 0.4) is 0 Å². The molecule has 2 nitrogen and oxygen atoms in total. The van der Waals surface area contributed by atoms with Gasteiger partial charge in [-0.2, -0.15) is 0 Å². The Hall–Kier alpha value is -1.02. The van der Waals surface area contributed by atoms with Gasteiger partial charge in [0.1, 0.15) is 0 Å². The van der Waals surface area contributed by atoms with Crippen molar-refractivity contribution in [3.05, 3.63) is 30.3 Å². The Morgan fingerprint density at radius 2 is 1.55 bits per heavy atom. The third-order valence-corrected chi connectivity index (χ3v) is 5.18. The molecule has 1 aromatic rings. The highest BCUT2D eigenvalue weighted by Crippen LogP contribution is 2.40. The molecule has 1 aliphatic carbocycles. The Morgan fingerprint density at radius 3 is 2.14 bits per heavy atom. The summed E-state index contributed by atoms with van der Waals surface area (Å²) in [4.78, 5) is 0. The average molecular weight is 303 g/mol.